The maximum absolute atomic E-state index is 13.9. The van der Waals surface area contributed by atoms with Gasteiger partial charge in [0.2, 0.25) is 11.8 Å². The van der Waals surface area contributed by atoms with Gasteiger partial charge in [0.05, 0.1) is 22.2 Å². The van der Waals surface area contributed by atoms with Gasteiger partial charge >= 0.3 is 0 Å². The van der Waals surface area contributed by atoms with Crippen LogP contribution in [0.2, 0.25) is 0 Å². The largest absolute Gasteiger partial charge is 0.496 e. The molecule has 0 aliphatic carbocycles. The Kier molecular flexibility index (Phi) is 10.1. The number of benzene rings is 3. The SMILES string of the molecule is CCNC(=O)[C@H](C)N(Cc1ccc(F)cc1)C(=O)CN(c1ccc(C)cc1)S(=O)(=O)c1ccc(OC)c(Br)c1. The highest BCUT2D eigenvalue weighted by molar-refractivity contribution is 9.10. The number of anilines is 1. The minimum absolute atomic E-state index is 0.0206. The van der Waals surface area contributed by atoms with E-state index in [1.165, 1.54) is 54.5 Å². The molecule has 3 aromatic carbocycles. The number of likely N-dealkylation sites (N-methyl/N-ethyl adjacent to an activating group) is 1. The third-order valence-electron chi connectivity index (χ3n) is 6.10. The van der Waals surface area contributed by atoms with Crippen LogP contribution in [0, 0.1) is 12.7 Å². The van der Waals surface area contributed by atoms with Crippen molar-refractivity contribution in [3.8, 4) is 5.75 Å². The van der Waals surface area contributed by atoms with Gasteiger partial charge in [0, 0.05) is 13.1 Å². The maximum atomic E-state index is 13.9. The Hall–Kier alpha value is -3.44. The molecule has 11 heteroatoms. The van der Waals surface area contributed by atoms with E-state index < -0.39 is 40.2 Å². The van der Waals surface area contributed by atoms with Crippen LogP contribution in [0.15, 0.2) is 76.1 Å². The van der Waals surface area contributed by atoms with E-state index in [2.05, 4.69) is 21.2 Å². The molecule has 0 saturated carbocycles. The Labute approximate surface area is 236 Å². The molecule has 0 spiro atoms. The fourth-order valence-corrected chi connectivity index (χ4v) is 6.00. The lowest BCUT2D eigenvalue weighted by atomic mass is 10.1. The van der Waals surface area contributed by atoms with Gasteiger partial charge in [-0.2, -0.15) is 0 Å². The van der Waals surface area contributed by atoms with Gasteiger partial charge in [0.15, 0.2) is 0 Å². The molecular weight excluding hydrogens is 589 g/mol. The predicted octanol–water partition coefficient (Wildman–Crippen LogP) is 4.65. The number of nitrogens with one attached hydrogen (secondary N) is 1. The summed E-state index contributed by atoms with van der Waals surface area (Å²) in [5.74, 6) is -0.976. The molecule has 8 nitrogen and oxygen atoms in total. The topological polar surface area (TPSA) is 96.0 Å². The Bertz CT molecular complexity index is 1420. The zero-order chi connectivity index (χ0) is 28.7. The fourth-order valence-electron chi connectivity index (χ4n) is 3.87. The highest BCUT2D eigenvalue weighted by Gasteiger charge is 2.32. The summed E-state index contributed by atoms with van der Waals surface area (Å²) in [5.41, 5.74) is 1.79. The zero-order valence-corrected chi connectivity index (χ0v) is 24.6. The van der Waals surface area contributed by atoms with E-state index in [0.717, 1.165) is 9.87 Å². The van der Waals surface area contributed by atoms with Gasteiger partial charge in [0.25, 0.3) is 10.0 Å². The van der Waals surface area contributed by atoms with E-state index in [1.807, 2.05) is 6.92 Å². The summed E-state index contributed by atoms with van der Waals surface area (Å²) in [6, 6.07) is 15.7. The number of sulfonamides is 1. The van der Waals surface area contributed by atoms with Crippen LogP contribution in [0.1, 0.15) is 25.0 Å². The molecule has 39 heavy (non-hydrogen) atoms. The summed E-state index contributed by atoms with van der Waals surface area (Å²) < 4.78 is 48.0. The lowest BCUT2D eigenvalue weighted by Gasteiger charge is -2.32. The number of ether oxygens (including phenoxy) is 1. The summed E-state index contributed by atoms with van der Waals surface area (Å²) >= 11 is 3.33. The smallest absolute Gasteiger partial charge is 0.264 e. The van der Waals surface area contributed by atoms with Crippen molar-refractivity contribution in [1.29, 1.82) is 0 Å². The lowest BCUT2D eigenvalue weighted by molar-refractivity contribution is -0.139. The van der Waals surface area contributed by atoms with Crippen LogP contribution < -0.4 is 14.4 Å². The number of aryl methyl sites for hydroxylation is 1. The Balaban J connectivity index is 2.04. The Morgan fingerprint density at radius 2 is 1.69 bits per heavy atom. The van der Waals surface area contributed by atoms with Gasteiger partial charge in [-0.3, -0.25) is 13.9 Å². The predicted molar refractivity (Wildman–Crippen MR) is 152 cm³/mol. The van der Waals surface area contributed by atoms with Crippen LogP contribution in [0.4, 0.5) is 10.1 Å². The van der Waals surface area contributed by atoms with Crippen molar-refractivity contribution in [3.05, 3.63) is 88.1 Å². The first kappa shape index (κ1) is 30.1. The molecule has 2 amide bonds. The molecule has 0 radical (unpaired) electrons. The molecule has 3 aromatic rings. The number of carbonyl (C=O) groups is 2. The number of methoxy groups -OCH3 is 1. The summed E-state index contributed by atoms with van der Waals surface area (Å²) in [6.45, 7) is 4.96. The van der Waals surface area contributed by atoms with Crippen molar-refractivity contribution in [2.45, 2.75) is 38.3 Å². The second-order valence-corrected chi connectivity index (χ2v) is 11.6. The van der Waals surface area contributed by atoms with E-state index in [1.54, 1.807) is 38.1 Å². The summed E-state index contributed by atoms with van der Waals surface area (Å²) in [4.78, 5) is 27.8. The molecule has 0 fully saturated rings. The minimum atomic E-state index is -4.23. The number of halogens is 2. The number of hydrogen-bond donors (Lipinski definition) is 1. The highest BCUT2D eigenvalue weighted by atomic mass is 79.9. The second-order valence-electron chi connectivity index (χ2n) is 8.86. The molecule has 208 valence electrons. The number of nitrogens with zero attached hydrogens (tertiary/aromatic N) is 2. The molecule has 0 unspecified atom stereocenters. The van der Waals surface area contributed by atoms with Gasteiger partial charge in [-0.15, -0.1) is 0 Å². The number of rotatable bonds is 11. The van der Waals surface area contributed by atoms with Crippen LogP contribution >= 0.6 is 15.9 Å². The molecule has 1 atom stereocenters. The standard InChI is InChI=1S/C28H31BrFN3O5S/c1-5-31-28(35)20(3)32(17-21-8-10-22(30)11-9-21)27(34)18-33(23-12-6-19(2)7-13-23)39(36,37)24-14-15-26(38-4)25(29)16-24/h6-16,20H,5,17-18H2,1-4H3,(H,31,35)/t20-/m0/s1. The van der Waals surface area contributed by atoms with Crippen molar-refractivity contribution in [2.24, 2.45) is 0 Å². The highest BCUT2D eigenvalue weighted by Crippen LogP contribution is 2.31. The average molecular weight is 621 g/mol. The molecular formula is C28H31BrFN3O5S. The van der Waals surface area contributed by atoms with Gasteiger partial charge in [-0.05, 0) is 84.7 Å². The van der Waals surface area contributed by atoms with Gasteiger partial charge in [-0.1, -0.05) is 29.8 Å². The second kappa shape index (κ2) is 13.1. The van der Waals surface area contributed by atoms with Crippen LogP contribution in [-0.2, 0) is 26.2 Å². The maximum Gasteiger partial charge on any atom is 0.264 e. The number of hydrogen-bond acceptors (Lipinski definition) is 5. The molecule has 0 aliphatic rings. The van der Waals surface area contributed by atoms with Crippen LogP contribution in [0.25, 0.3) is 0 Å². The first-order chi connectivity index (χ1) is 18.5. The molecule has 0 bridgehead atoms. The van der Waals surface area contributed by atoms with Gasteiger partial charge in [0.1, 0.15) is 24.2 Å². The van der Waals surface area contributed by atoms with E-state index >= 15 is 0 Å². The van der Waals surface area contributed by atoms with Gasteiger partial charge < -0.3 is 15.0 Å². The quantitative estimate of drug-likeness (QED) is 0.337. The van der Waals surface area contributed by atoms with E-state index in [-0.39, 0.29) is 17.1 Å². The van der Waals surface area contributed by atoms with Crippen molar-refractivity contribution >= 4 is 43.5 Å². The molecule has 3 rings (SSSR count). The Morgan fingerprint density at radius 3 is 2.26 bits per heavy atom. The van der Waals surface area contributed by atoms with E-state index in [4.69, 9.17) is 4.74 Å². The summed E-state index contributed by atoms with van der Waals surface area (Å²) in [6.07, 6.45) is 0. The molecule has 0 saturated heterocycles. The molecule has 0 aromatic heterocycles. The van der Waals surface area contributed by atoms with Crippen molar-refractivity contribution in [1.82, 2.24) is 10.2 Å². The van der Waals surface area contributed by atoms with Crippen LogP contribution in [0.3, 0.4) is 0 Å². The van der Waals surface area contributed by atoms with Crippen molar-refractivity contribution in [2.75, 3.05) is 24.5 Å². The van der Waals surface area contributed by atoms with Crippen molar-refractivity contribution in [3.63, 3.8) is 0 Å². The summed E-state index contributed by atoms with van der Waals surface area (Å²) in [7, 11) is -2.76. The third kappa shape index (κ3) is 7.36. The third-order valence-corrected chi connectivity index (χ3v) is 8.49. The van der Waals surface area contributed by atoms with E-state index in [9.17, 15) is 22.4 Å². The lowest BCUT2D eigenvalue weighted by Crippen LogP contribution is -2.51. The first-order valence-corrected chi connectivity index (χ1v) is 14.5. The minimum Gasteiger partial charge on any atom is -0.496 e. The monoisotopic (exact) mass is 619 g/mol. The molecule has 0 aliphatic heterocycles. The van der Waals surface area contributed by atoms with Gasteiger partial charge in [-0.25, -0.2) is 12.8 Å². The average Bonchev–Trinajstić information content (AvgIpc) is 2.91. The van der Waals surface area contributed by atoms with Crippen molar-refractivity contribution < 1.29 is 27.1 Å². The number of amides is 2. The zero-order valence-electron chi connectivity index (χ0n) is 22.1. The first-order valence-electron chi connectivity index (χ1n) is 12.2. The normalized spacial score (nSPS) is 11.9. The molecule has 1 N–H and O–H groups in total. The number of carbonyl (C=O) groups excluding carboxylic acids is 2. The molecule has 0 heterocycles. The summed E-state index contributed by atoms with van der Waals surface area (Å²) in [5, 5.41) is 2.70. The van der Waals surface area contributed by atoms with E-state index in [0.29, 0.717) is 22.3 Å². The Morgan fingerprint density at radius 1 is 1.05 bits per heavy atom. The fraction of sp³-hybridized carbons (Fsp3) is 0.286. The van der Waals surface area contributed by atoms with Crippen LogP contribution in [0.5, 0.6) is 5.75 Å². The van der Waals surface area contributed by atoms with Crippen LogP contribution in [-0.4, -0.2) is 51.4 Å².